The van der Waals surface area contributed by atoms with Gasteiger partial charge in [0.25, 0.3) is 0 Å². The molecule has 5 heteroatoms. The zero-order chi connectivity index (χ0) is 14.3. The number of piperidine rings is 1. The second kappa shape index (κ2) is 4.97. The smallest absolute Gasteiger partial charge is 0.178 e. The molecule has 1 aromatic heterocycles. The van der Waals surface area contributed by atoms with Crippen molar-refractivity contribution in [3.8, 4) is 0 Å². The third-order valence-electron chi connectivity index (χ3n) is 4.47. The number of nitrogens with zero attached hydrogens (tertiary/aromatic N) is 2. The van der Waals surface area contributed by atoms with Crippen LogP contribution >= 0.6 is 12.2 Å². The minimum absolute atomic E-state index is 0.230. The molecule has 3 nitrogen and oxygen atoms in total. The number of hydrogen-bond acceptors (Lipinski definition) is 2. The van der Waals surface area contributed by atoms with Crippen LogP contribution in [0.15, 0.2) is 18.2 Å². The first-order chi connectivity index (χ1) is 9.47. The van der Waals surface area contributed by atoms with E-state index in [0.717, 1.165) is 30.7 Å². The summed E-state index contributed by atoms with van der Waals surface area (Å²) in [5.41, 5.74) is 2.04. The molecule has 3 rings (SSSR count). The number of benzene rings is 1. The summed E-state index contributed by atoms with van der Waals surface area (Å²) < 4.78 is 16.1. The largest absolute Gasteiger partial charge is 0.330 e. The summed E-state index contributed by atoms with van der Waals surface area (Å²) in [6.07, 6.45) is 2.33. The third-order valence-corrected chi connectivity index (χ3v) is 4.79. The van der Waals surface area contributed by atoms with Gasteiger partial charge in [-0.2, -0.15) is 0 Å². The van der Waals surface area contributed by atoms with E-state index >= 15 is 0 Å². The first kappa shape index (κ1) is 13.8. The number of H-pyrrole nitrogens is 1. The van der Waals surface area contributed by atoms with Gasteiger partial charge in [0.15, 0.2) is 4.77 Å². The van der Waals surface area contributed by atoms with Gasteiger partial charge in [-0.15, -0.1) is 0 Å². The highest BCUT2D eigenvalue weighted by atomic mass is 32.1. The predicted octanol–water partition coefficient (Wildman–Crippen LogP) is 3.57. The Morgan fingerprint density at radius 3 is 2.75 bits per heavy atom. The minimum atomic E-state index is -0.230. The number of rotatable bonds is 2. The van der Waals surface area contributed by atoms with Gasteiger partial charge >= 0.3 is 0 Å². The van der Waals surface area contributed by atoms with Crippen molar-refractivity contribution in [1.29, 1.82) is 0 Å². The van der Waals surface area contributed by atoms with Crippen molar-refractivity contribution in [3.63, 3.8) is 0 Å². The second-order valence-corrected chi connectivity index (χ2v) is 6.68. The monoisotopic (exact) mass is 293 g/mol. The van der Waals surface area contributed by atoms with Gasteiger partial charge in [0, 0.05) is 6.54 Å². The van der Waals surface area contributed by atoms with E-state index in [4.69, 9.17) is 12.2 Å². The van der Waals surface area contributed by atoms with Gasteiger partial charge in [0.2, 0.25) is 0 Å². The Kier molecular flexibility index (Phi) is 3.42. The lowest BCUT2D eigenvalue weighted by atomic mass is 9.80. The van der Waals surface area contributed by atoms with Crippen molar-refractivity contribution in [1.82, 2.24) is 14.5 Å². The number of fused-ring (bicyclic) bond motifs is 1. The molecule has 0 atom stereocenters. The molecule has 20 heavy (non-hydrogen) atoms. The topological polar surface area (TPSA) is 24.0 Å². The van der Waals surface area contributed by atoms with Gasteiger partial charge in [-0.1, -0.05) is 6.92 Å². The highest BCUT2D eigenvalue weighted by molar-refractivity contribution is 7.71. The number of hydrogen-bond donors (Lipinski definition) is 1. The maximum absolute atomic E-state index is 13.3. The molecule has 2 aromatic rings. The molecule has 1 saturated heterocycles. The molecule has 0 unspecified atom stereocenters. The molecular weight excluding hydrogens is 273 g/mol. The van der Waals surface area contributed by atoms with Crippen molar-refractivity contribution in [3.05, 3.63) is 28.8 Å². The molecule has 0 amide bonds. The number of nitrogens with one attached hydrogen (secondary N) is 1. The van der Waals surface area contributed by atoms with Gasteiger partial charge in [0.1, 0.15) is 5.82 Å². The molecule has 0 radical (unpaired) electrons. The summed E-state index contributed by atoms with van der Waals surface area (Å²) in [5.74, 6) is -0.230. The highest BCUT2D eigenvalue weighted by Gasteiger charge is 2.29. The van der Waals surface area contributed by atoms with Crippen LogP contribution in [0.1, 0.15) is 19.8 Å². The molecule has 0 aliphatic carbocycles. The lowest BCUT2D eigenvalue weighted by molar-refractivity contribution is 0.121. The molecule has 1 N–H and O–H groups in total. The van der Waals surface area contributed by atoms with E-state index in [1.54, 1.807) is 0 Å². The van der Waals surface area contributed by atoms with Crippen LogP contribution in [0.4, 0.5) is 4.39 Å². The number of likely N-dealkylation sites (tertiary alicyclic amines) is 1. The maximum atomic E-state index is 13.3. The van der Waals surface area contributed by atoms with E-state index in [-0.39, 0.29) is 11.2 Å². The van der Waals surface area contributed by atoms with Crippen LogP contribution in [0.3, 0.4) is 0 Å². The van der Waals surface area contributed by atoms with Crippen LogP contribution in [0, 0.1) is 16.0 Å². The van der Waals surface area contributed by atoms with Crippen LogP contribution < -0.4 is 0 Å². The van der Waals surface area contributed by atoms with Gasteiger partial charge in [-0.05, 0) is 68.8 Å². The fraction of sp³-hybridized carbons (Fsp3) is 0.533. The molecule has 1 aliphatic rings. The summed E-state index contributed by atoms with van der Waals surface area (Å²) in [6.45, 7) is 5.47. The summed E-state index contributed by atoms with van der Waals surface area (Å²) in [6, 6.07) is 4.83. The van der Waals surface area contributed by atoms with Crippen molar-refractivity contribution in [2.24, 2.45) is 5.41 Å². The average Bonchev–Trinajstić information content (AvgIpc) is 2.69. The predicted molar refractivity (Wildman–Crippen MR) is 81.9 cm³/mol. The average molecular weight is 293 g/mol. The van der Waals surface area contributed by atoms with Crippen LogP contribution in [0.2, 0.25) is 0 Å². The molecule has 2 heterocycles. The highest BCUT2D eigenvalue weighted by Crippen LogP contribution is 2.33. The number of imidazole rings is 1. The van der Waals surface area contributed by atoms with Crippen LogP contribution in [-0.4, -0.2) is 34.6 Å². The molecular formula is C15H20FN3S. The Balaban J connectivity index is 1.95. The van der Waals surface area contributed by atoms with Crippen LogP contribution in [0.5, 0.6) is 0 Å². The van der Waals surface area contributed by atoms with E-state index in [1.807, 2.05) is 6.07 Å². The fourth-order valence-electron chi connectivity index (χ4n) is 2.99. The first-order valence-corrected chi connectivity index (χ1v) is 7.44. The van der Waals surface area contributed by atoms with E-state index in [2.05, 4.69) is 28.4 Å². The summed E-state index contributed by atoms with van der Waals surface area (Å²) in [4.78, 5) is 5.48. The first-order valence-electron chi connectivity index (χ1n) is 7.03. The molecule has 0 bridgehead atoms. The zero-order valence-corrected chi connectivity index (χ0v) is 12.8. The Bertz CT molecular complexity index is 680. The van der Waals surface area contributed by atoms with E-state index in [9.17, 15) is 4.39 Å². The standard InChI is InChI=1S/C15H20FN3S/c1-15(5-7-18(2)8-6-15)10-19-13-4-3-11(16)9-12(13)17-14(19)20/h3-4,9H,5-8,10H2,1-2H3,(H,17,20). The fourth-order valence-corrected chi connectivity index (χ4v) is 3.26. The number of halogens is 1. The summed E-state index contributed by atoms with van der Waals surface area (Å²) in [5, 5.41) is 0. The van der Waals surface area contributed by atoms with E-state index in [1.165, 1.54) is 25.0 Å². The molecule has 1 aliphatic heterocycles. The van der Waals surface area contributed by atoms with Crippen molar-refractivity contribution in [2.45, 2.75) is 26.3 Å². The molecule has 0 saturated carbocycles. The van der Waals surface area contributed by atoms with Crippen molar-refractivity contribution < 1.29 is 4.39 Å². The van der Waals surface area contributed by atoms with Gasteiger partial charge in [-0.3, -0.25) is 0 Å². The molecule has 108 valence electrons. The lowest BCUT2D eigenvalue weighted by Gasteiger charge is -2.38. The molecule has 1 aromatic carbocycles. The lowest BCUT2D eigenvalue weighted by Crippen LogP contribution is -2.38. The van der Waals surface area contributed by atoms with Gasteiger partial charge < -0.3 is 14.5 Å². The Morgan fingerprint density at radius 2 is 2.05 bits per heavy atom. The van der Waals surface area contributed by atoms with Crippen molar-refractivity contribution in [2.75, 3.05) is 20.1 Å². The zero-order valence-electron chi connectivity index (χ0n) is 11.9. The SMILES string of the molecule is CN1CCC(C)(Cn2c(=S)[nH]c3cc(F)ccc32)CC1. The molecule has 1 fully saturated rings. The second-order valence-electron chi connectivity index (χ2n) is 6.29. The minimum Gasteiger partial charge on any atom is -0.330 e. The Labute approximate surface area is 123 Å². The third kappa shape index (κ3) is 2.52. The Hall–Kier alpha value is -1.20. The summed E-state index contributed by atoms with van der Waals surface area (Å²) in [7, 11) is 2.17. The summed E-state index contributed by atoms with van der Waals surface area (Å²) >= 11 is 5.41. The van der Waals surface area contributed by atoms with E-state index < -0.39 is 0 Å². The van der Waals surface area contributed by atoms with Gasteiger partial charge in [-0.25, -0.2) is 4.39 Å². The molecule has 0 spiro atoms. The Morgan fingerprint density at radius 1 is 1.35 bits per heavy atom. The number of aromatic nitrogens is 2. The maximum Gasteiger partial charge on any atom is 0.178 e. The van der Waals surface area contributed by atoms with Gasteiger partial charge in [0.05, 0.1) is 11.0 Å². The number of aromatic amines is 1. The normalized spacial score (nSPS) is 19.6. The quantitative estimate of drug-likeness (QED) is 0.856. The van der Waals surface area contributed by atoms with E-state index in [0.29, 0.717) is 4.77 Å². The van der Waals surface area contributed by atoms with Crippen molar-refractivity contribution >= 4 is 23.3 Å². The van der Waals surface area contributed by atoms with Crippen LogP contribution in [-0.2, 0) is 6.54 Å². The van der Waals surface area contributed by atoms with Crippen LogP contribution in [0.25, 0.3) is 11.0 Å².